The molecule has 0 aromatic heterocycles. The zero-order chi connectivity index (χ0) is 12.0. The predicted molar refractivity (Wildman–Crippen MR) is 60.2 cm³/mol. The van der Waals surface area contributed by atoms with E-state index in [1.165, 1.54) is 13.0 Å². The average Bonchev–Trinajstić information content (AvgIpc) is 2.27. The third-order valence-corrected chi connectivity index (χ3v) is 1.91. The number of hydrogen-bond acceptors (Lipinski definition) is 3. The van der Waals surface area contributed by atoms with Crippen LogP contribution in [0.5, 0.6) is 0 Å². The third kappa shape index (κ3) is 3.96. The van der Waals surface area contributed by atoms with Gasteiger partial charge in [0, 0.05) is 6.08 Å². The average molecular weight is 219 g/mol. The molecule has 0 fully saturated rings. The molecule has 2 N–H and O–H groups in total. The Kier molecular flexibility index (Phi) is 4.27. The summed E-state index contributed by atoms with van der Waals surface area (Å²) in [7, 11) is 0. The highest BCUT2D eigenvalue weighted by Crippen LogP contribution is 2.01. The van der Waals surface area contributed by atoms with Gasteiger partial charge in [-0.2, -0.15) is 0 Å². The Hall–Kier alpha value is -2.10. The molecule has 0 saturated heterocycles. The monoisotopic (exact) mass is 219 g/mol. The third-order valence-electron chi connectivity index (χ3n) is 1.91. The van der Waals surface area contributed by atoms with E-state index in [1.54, 1.807) is 6.08 Å². The van der Waals surface area contributed by atoms with Crippen molar-refractivity contribution < 1.29 is 14.3 Å². The Morgan fingerprint density at radius 1 is 1.31 bits per heavy atom. The summed E-state index contributed by atoms with van der Waals surface area (Å²) in [6.07, 6.45) is 1.96. The molecule has 1 aromatic rings. The van der Waals surface area contributed by atoms with E-state index in [0.717, 1.165) is 5.56 Å². The van der Waals surface area contributed by atoms with E-state index < -0.39 is 18.0 Å². The van der Waals surface area contributed by atoms with E-state index in [1.807, 2.05) is 30.3 Å². The molecule has 0 spiro atoms. The van der Waals surface area contributed by atoms with Crippen LogP contribution in [0.4, 0.5) is 0 Å². The molecule has 4 nitrogen and oxygen atoms in total. The Morgan fingerprint density at radius 3 is 2.50 bits per heavy atom. The molecule has 4 heteroatoms. The number of nitrogens with two attached hydrogens (primary N) is 1. The molecule has 1 aromatic carbocycles. The number of carbonyl (C=O) groups is 2. The van der Waals surface area contributed by atoms with Crippen LogP contribution in [0.1, 0.15) is 12.5 Å². The molecule has 0 aliphatic rings. The molecule has 0 bridgehead atoms. The van der Waals surface area contributed by atoms with Crippen molar-refractivity contribution >= 4 is 18.0 Å². The van der Waals surface area contributed by atoms with Gasteiger partial charge in [0.05, 0.1) is 0 Å². The molecule has 0 aliphatic heterocycles. The van der Waals surface area contributed by atoms with Crippen molar-refractivity contribution in [3.8, 4) is 0 Å². The van der Waals surface area contributed by atoms with Gasteiger partial charge in [-0.25, -0.2) is 4.79 Å². The summed E-state index contributed by atoms with van der Waals surface area (Å²) < 4.78 is 4.73. The van der Waals surface area contributed by atoms with E-state index >= 15 is 0 Å². The maximum atomic E-state index is 11.2. The highest BCUT2D eigenvalue weighted by molar-refractivity contribution is 5.89. The lowest BCUT2D eigenvalue weighted by Crippen LogP contribution is -2.29. The van der Waals surface area contributed by atoms with E-state index in [0.29, 0.717) is 0 Å². The summed E-state index contributed by atoms with van der Waals surface area (Å²) in [5, 5.41) is 0. The summed E-state index contributed by atoms with van der Waals surface area (Å²) in [4.78, 5) is 21.8. The van der Waals surface area contributed by atoms with Crippen molar-refractivity contribution in [1.29, 1.82) is 0 Å². The quantitative estimate of drug-likeness (QED) is 0.609. The second-order valence-corrected chi connectivity index (χ2v) is 3.23. The van der Waals surface area contributed by atoms with Gasteiger partial charge in [0.2, 0.25) is 0 Å². The van der Waals surface area contributed by atoms with Gasteiger partial charge in [-0.3, -0.25) is 4.79 Å². The minimum atomic E-state index is -0.909. The first kappa shape index (κ1) is 12.0. The molecule has 0 saturated carbocycles. The smallest absolute Gasteiger partial charge is 0.331 e. The van der Waals surface area contributed by atoms with Gasteiger partial charge in [0.25, 0.3) is 5.91 Å². The van der Waals surface area contributed by atoms with Crippen LogP contribution in [-0.4, -0.2) is 18.0 Å². The van der Waals surface area contributed by atoms with Crippen molar-refractivity contribution in [2.45, 2.75) is 13.0 Å². The standard InChI is InChI=1S/C12H13NO3/c1-9(12(13)15)16-11(14)8-7-10-5-3-2-4-6-10/h2-9H,1H3,(H2,13,15)/b8-7+/t9-/m1/s1. The highest BCUT2D eigenvalue weighted by Gasteiger charge is 2.11. The van der Waals surface area contributed by atoms with Gasteiger partial charge < -0.3 is 10.5 Å². The van der Waals surface area contributed by atoms with Crippen molar-refractivity contribution in [3.63, 3.8) is 0 Å². The van der Waals surface area contributed by atoms with E-state index in [2.05, 4.69) is 0 Å². The van der Waals surface area contributed by atoms with Crippen LogP contribution in [0.25, 0.3) is 6.08 Å². The zero-order valence-electron chi connectivity index (χ0n) is 8.92. The number of hydrogen-bond donors (Lipinski definition) is 1. The molecule has 1 rings (SSSR count). The Morgan fingerprint density at radius 2 is 1.94 bits per heavy atom. The first-order chi connectivity index (χ1) is 7.59. The fraction of sp³-hybridized carbons (Fsp3) is 0.167. The zero-order valence-corrected chi connectivity index (χ0v) is 8.92. The summed E-state index contributed by atoms with van der Waals surface area (Å²) in [6.45, 7) is 1.43. The Balaban J connectivity index is 2.52. The fourth-order valence-electron chi connectivity index (χ4n) is 1.00. The van der Waals surface area contributed by atoms with Gasteiger partial charge in [-0.1, -0.05) is 30.3 Å². The predicted octanol–water partition coefficient (Wildman–Crippen LogP) is 1.12. The van der Waals surface area contributed by atoms with Gasteiger partial charge in [0.1, 0.15) is 0 Å². The molecular formula is C12H13NO3. The maximum absolute atomic E-state index is 11.2. The van der Waals surface area contributed by atoms with E-state index in [9.17, 15) is 9.59 Å². The molecule has 0 heterocycles. The fourth-order valence-corrected chi connectivity index (χ4v) is 1.00. The molecular weight excluding hydrogens is 206 g/mol. The maximum Gasteiger partial charge on any atom is 0.331 e. The number of ether oxygens (including phenoxy) is 1. The lowest BCUT2D eigenvalue weighted by molar-refractivity contribution is -0.148. The van der Waals surface area contributed by atoms with Crippen molar-refractivity contribution in [2.24, 2.45) is 5.73 Å². The Labute approximate surface area is 93.7 Å². The highest BCUT2D eigenvalue weighted by atomic mass is 16.5. The molecule has 0 radical (unpaired) electrons. The van der Waals surface area contributed by atoms with Crippen LogP contribution in [0.2, 0.25) is 0 Å². The van der Waals surface area contributed by atoms with Gasteiger partial charge in [-0.15, -0.1) is 0 Å². The molecule has 16 heavy (non-hydrogen) atoms. The lowest BCUT2D eigenvalue weighted by atomic mass is 10.2. The van der Waals surface area contributed by atoms with Gasteiger partial charge in [0.15, 0.2) is 6.10 Å². The van der Waals surface area contributed by atoms with Crippen molar-refractivity contribution in [2.75, 3.05) is 0 Å². The van der Waals surface area contributed by atoms with Crippen molar-refractivity contribution in [3.05, 3.63) is 42.0 Å². The molecule has 1 amide bonds. The number of amides is 1. The van der Waals surface area contributed by atoms with Crippen LogP contribution in [0.15, 0.2) is 36.4 Å². The van der Waals surface area contributed by atoms with Gasteiger partial charge >= 0.3 is 5.97 Å². The van der Waals surface area contributed by atoms with E-state index in [4.69, 9.17) is 10.5 Å². The first-order valence-electron chi connectivity index (χ1n) is 4.82. The second kappa shape index (κ2) is 5.70. The summed E-state index contributed by atoms with van der Waals surface area (Å²) in [6, 6.07) is 9.29. The van der Waals surface area contributed by atoms with Gasteiger partial charge in [-0.05, 0) is 18.6 Å². The molecule has 0 unspecified atom stereocenters. The van der Waals surface area contributed by atoms with E-state index in [-0.39, 0.29) is 0 Å². The normalized spacial score (nSPS) is 12.3. The number of rotatable bonds is 4. The van der Waals surface area contributed by atoms with Crippen LogP contribution < -0.4 is 5.73 Å². The van der Waals surface area contributed by atoms with Crippen LogP contribution in [0, 0.1) is 0 Å². The Bertz CT molecular complexity index is 398. The summed E-state index contributed by atoms with van der Waals surface area (Å²) >= 11 is 0. The minimum Gasteiger partial charge on any atom is -0.449 e. The molecule has 84 valence electrons. The first-order valence-corrected chi connectivity index (χ1v) is 4.82. The second-order valence-electron chi connectivity index (χ2n) is 3.23. The molecule has 1 atom stereocenters. The largest absolute Gasteiger partial charge is 0.449 e. The SMILES string of the molecule is C[C@@H](OC(=O)/C=C/c1ccccc1)C(N)=O. The molecule has 0 aliphatic carbocycles. The minimum absolute atomic E-state index is 0.588. The number of carbonyl (C=O) groups excluding carboxylic acids is 2. The van der Waals surface area contributed by atoms with Crippen LogP contribution in [0.3, 0.4) is 0 Å². The lowest BCUT2D eigenvalue weighted by Gasteiger charge is -2.06. The summed E-state index contributed by atoms with van der Waals surface area (Å²) in [5.74, 6) is -1.25. The van der Waals surface area contributed by atoms with Crippen molar-refractivity contribution in [1.82, 2.24) is 0 Å². The number of benzene rings is 1. The van der Waals surface area contributed by atoms with Crippen LogP contribution in [-0.2, 0) is 14.3 Å². The number of primary amides is 1. The topological polar surface area (TPSA) is 69.4 Å². The summed E-state index contributed by atoms with van der Waals surface area (Å²) in [5.41, 5.74) is 5.83. The van der Waals surface area contributed by atoms with Crippen LogP contribution >= 0.6 is 0 Å². The number of esters is 1.